The van der Waals surface area contributed by atoms with Crippen molar-refractivity contribution < 1.29 is 9.90 Å². The van der Waals surface area contributed by atoms with Gasteiger partial charge < -0.3 is 15.4 Å². The van der Waals surface area contributed by atoms with E-state index in [9.17, 15) is 4.79 Å². The molecule has 4 heteroatoms. The molecule has 94 valence electrons. The van der Waals surface area contributed by atoms with Gasteiger partial charge in [-0.05, 0) is 25.3 Å². The molecular formula is C14H16N2O2. The van der Waals surface area contributed by atoms with Gasteiger partial charge in [0.2, 0.25) is 0 Å². The maximum Gasteiger partial charge on any atom is 0.325 e. The second-order valence-electron chi connectivity index (χ2n) is 4.88. The van der Waals surface area contributed by atoms with Crippen LogP contribution < -0.4 is 5.73 Å². The molecule has 0 fully saturated rings. The minimum Gasteiger partial charge on any atom is -0.480 e. The molecule has 0 aliphatic carbocycles. The lowest BCUT2D eigenvalue weighted by molar-refractivity contribution is -0.138. The van der Waals surface area contributed by atoms with Gasteiger partial charge in [-0.2, -0.15) is 0 Å². The number of rotatable bonds is 2. The van der Waals surface area contributed by atoms with E-state index >= 15 is 0 Å². The third-order valence-corrected chi connectivity index (χ3v) is 3.88. The molecule has 0 saturated carbocycles. The van der Waals surface area contributed by atoms with Gasteiger partial charge in [0.25, 0.3) is 0 Å². The van der Waals surface area contributed by atoms with E-state index in [1.807, 2.05) is 19.1 Å². The number of carboxylic acids is 1. The van der Waals surface area contributed by atoms with Crippen LogP contribution in [0.2, 0.25) is 0 Å². The largest absolute Gasteiger partial charge is 0.480 e. The van der Waals surface area contributed by atoms with Crippen LogP contribution in [0.15, 0.2) is 18.2 Å². The fourth-order valence-electron chi connectivity index (χ4n) is 3.06. The Hall–Kier alpha value is -1.81. The average molecular weight is 244 g/mol. The van der Waals surface area contributed by atoms with E-state index in [1.165, 1.54) is 11.1 Å². The van der Waals surface area contributed by atoms with Crippen LogP contribution in [0.4, 0.5) is 0 Å². The van der Waals surface area contributed by atoms with Gasteiger partial charge in [-0.1, -0.05) is 18.2 Å². The summed E-state index contributed by atoms with van der Waals surface area (Å²) in [7, 11) is 0. The fraction of sp³-hybridized carbons (Fsp3) is 0.357. The molecule has 1 unspecified atom stereocenters. The molecule has 1 aliphatic rings. The van der Waals surface area contributed by atoms with Crippen LogP contribution >= 0.6 is 0 Å². The monoisotopic (exact) mass is 244 g/mol. The molecule has 0 radical (unpaired) electrons. The number of aromatic nitrogens is 1. The smallest absolute Gasteiger partial charge is 0.325 e. The predicted molar refractivity (Wildman–Crippen MR) is 69.6 cm³/mol. The van der Waals surface area contributed by atoms with Crippen molar-refractivity contribution in [3.05, 3.63) is 35.0 Å². The predicted octanol–water partition coefficient (Wildman–Crippen LogP) is 1.98. The summed E-state index contributed by atoms with van der Waals surface area (Å²) < 4.78 is 2.21. The van der Waals surface area contributed by atoms with Crippen molar-refractivity contribution in [2.24, 2.45) is 5.73 Å². The zero-order chi connectivity index (χ0) is 12.9. The highest BCUT2D eigenvalue weighted by Crippen LogP contribution is 2.35. The Morgan fingerprint density at radius 2 is 2.28 bits per heavy atom. The topological polar surface area (TPSA) is 68.2 Å². The Morgan fingerprint density at radius 1 is 1.50 bits per heavy atom. The van der Waals surface area contributed by atoms with E-state index in [1.54, 1.807) is 0 Å². The summed E-state index contributed by atoms with van der Waals surface area (Å²) in [5, 5.41) is 10.2. The van der Waals surface area contributed by atoms with Crippen molar-refractivity contribution in [2.75, 3.05) is 0 Å². The maximum absolute atomic E-state index is 11.2. The Labute approximate surface area is 105 Å². The Bertz CT molecular complexity index is 643. The Balaban J connectivity index is 2.37. The van der Waals surface area contributed by atoms with Crippen LogP contribution in [-0.2, 0) is 17.8 Å². The van der Waals surface area contributed by atoms with Crippen molar-refractivity contribution in [2.45, 2.75) is 32.4 Å². The molecule has 0 amide bonds. The van der Waals surface area contributed by atoms with E-state index in [4.69, 9.17) is 10.8 Å². The van der Waals surface area contributed by atoms with Crippen molar-refractivity contribution in [1.29, 1.82) is 0 Å². The van der Waals surface area contributed by atoms with Crippen LogP contribution in [0.1, 0.15) is 29.3 Å². The van der Waals surface area contributed by atoms with Crippen molar-refractivity contribution in [3.63, 3.8) is 0 Å². The van der Waals surface area contributed by atoms with E-state index in [0.717, 1.165) is 36.0 Å². The summed E-state index contributed by atoms with van der Waals surface area (Å²) >= 11 is 0. The summed E-state index contributed by atoms with van der Waals surface area (Å²) in [5.74, 6) is -0.971. The fourth-order valence-corrected chi connectivity index (χ4v) is 3.06. The van der Waals surface area contributed by atoms with Crippen molar-refractivity contribution >= 4 is 16.9 Å². The molecule has 1 aliphatic heterocycles. The van der Waals surface area contributed by atoms with Gasteiger partial charge in [-0.3, -0.25) is 4.79 Å². The summed E-state index contributed by atoms with van der Waals surface area (Å²) in [6, 6.07) is 5.14. The lowest BCUT2D eigenvalue weighted by atomic mass is 10.00. The molecule has 3 rings (SSSR count). The van der Waals surface area contributed by atoms with Gasteiger partial charge in [0.05, 0.1) is 5.52 Å². The van der Waals surface area contributed by atoms with Gasteiger partial charge >= 0.3 is 5.97 Å². The first-order chi connectivity index (χ1) is 8.61. The molecule has 4 nitrogen and oxygen atoms in total. The number of carbonyl (C=O) groups is 1. The summed E-state index contributed by atoms with van der Waals surface area (Å²) in [4.78, 5) is 11.2. The molecule has 0 bridgehead atoms. The quantitative estimate of drug-likeness (QED) is 0.848. The van der Waals surface area contributed by atoms with Crippen LogP contribution in [-0.4, -0.2) is 15.6 Å². The van der Waals surface area contributed by atoms with Crippen molar-refractivity contribution in [1.82, 2.24) is 4.57 Å². The summed E-state index contributed by atoms with van der Waals surface area (Å²) in [6.07, 6.45) is 2.16. The Morgan fingerprint density at radius 3 is 3.00 bits per heavy atom. The molecule has 2 aromatic rings. The number of para-hydroxylation sites is 1. The number of benzene rings is 1. The van der Waals surface area contributed by atoms with E-state index < -0.39 is 12.0 Å². The first-order valence-corrected chi connectivity index (χ1v) is 6.20. The third kappa shape index (κ3) is 1.39. The van der Waals surface area contributed by atoms with Gasteiger partial charge in [0.15, 0.2) is 0 Å². The minimum absolute atomic E-state index is 0.765. The molecule has 2 heterocycles. The molecule has 3 N–H and O–H groups in total. The minimum atomic E-state index is -0.971. The number of carboxylic acid groups (broad SMARTS) is 1. The number of aliphatic carboxylic acids is 1. The summed E-state index contributed by atoms with van der Waals surface area (Å²) in [6.45, 7) is 2.92. The average Bonchev–Trinajstić information content (AvgIpc) is 2.65. The van der Waals surface area contributed by atoms with E-state index in [-0.39, 0.29) is 0 Å². The highest BCUT2D eigenvalue weighted by atomic mass is 16.4. The van der Waals surface area contributed by atoms with Crippen LogP contribution in [0, 0.1) is 6.92 Å². The zero-order valence-corrected chi connectivity index (χ0v) is 10.3. The number of nitrogens with zero attached hydrogens (tertiary/aromatic N) is 1. The van der Waals surface area contributed by atoms with Crippen LogP contribution in [0.5, 0.6) is 0 Å². The van der Waals surface area contributed by atoms with Gasteiger partial charge in [0, 0.05) is 23.2 Å². The lowest BCUT2D eigenvalue weighted by Gasteiger charge is -2.16. The number of aryl methyl sites for hydroxylation is 2. The SMILES string of the molecule is Cc1c(C(N)C(=O)O)c2cccc3c2n1CCC3. The molecule has 18 heavy (non-hydrogen) atoms. The molecule has 0 saturated heterocycles. The highest BCUT2D eigenvalue weighted by molar-refractivity contribution is 5.93. The lowest BCUT2D eigenvalue weighted by Crippen LogP contribution is -2.21. The number of hydrogen-bond acceptors (Lipinski definition) is 2. The summed E-state index contributed by atoms with van der Waals surface area (Å²) in [5.41, 5.74) is 10.1. The van der Waals surface area contributed by atoms with Crippen LogP contribution in [0.3, 0.4) is 0 Å². The molecule has 1 atom stereocenters. The molecule has 1 aromatic carbocycles. The standard InChI is InChI=1S/C14H16N2O2/c1-8-11(12(15)14(17)18)10-6-2-4-9-5-3-7-16(8)13(9)10/h2,4,6,12H,3,5,7,15H2,1H3,(H,17,18). The van der Waals surface area contributed by atoms with Crippen LogP contribution in [0.25, 0.3) is 10.9 Å². The van der Waals surface area contributed by atoms with E-state index in [0.29, 0.717) is 0 Å². The van der Waals surface area contributed by atoms with Gasteiger partial charge in [-0.15, -0.1) is 0 Å². The highest BCUT2D eigenvalue weighted by Gasteiger charge is 2.26. The van der Waals surface area contributed by atoms with Gasteiger partial charge in [-0.25, -0.2) is 0 Å². The van der Waals surface area contributed by atoms with E-state index in [2.05, 4.69) is 10.6 Å². The second kappa shape index (κ2) is 3.85. The maximum atomic E-state index is 11.2. The normalized spacial score (nSPS) is 15.9. The first-order valence-electron chi connectivity index (χ1n) is 6.20. The number of hydrogen-bond donors (Lipinski definition) is 2. The van der Waals surface area contributed by atoms with Gasteiger partial charge in [0.1, 0.15) is 6.04 Å². The molecule has 1 aromatic heterocycles. The zero-order valence-electron chi connectivity index (χ0n) is 10.3. The molecular weight excluding hydrogens is 228 g/mol. The van der Waals surface area contributed by atoms with Crippen molar-refractivity contribution in [3.8, 4) is 0 Å². The second-order valence-corrected chi connectivity index (χ2v) is 4.88. The molecule has 0 spiro atoms. The Kier molecular flexibility index (Phi) is 2.41. The third-order valence-electron chi connectivity index (χ3n) is 3.88. The number of nitrogens with two attached hydrogens (primary N) is 1. The first kappa shape index (κ1) is 11.3.